The summed E-state index contributed by atoms with van der Waals surface area (Å²) in [7, 11) is 0. The molecule has 5 nitrogen and oxygen atoms in total. The van der Waals surface area contributed by atoms with Gasteiger partial charge in [0.25, 0.3) is 0 Å². The van der Waals surface area contributed by atoms with Crippen LogP contribution in [0.25, 0.3) is 0 Å². The molecule has 1 aliphatic heterocycles. The topological polar surface area (TPSA) is 84.9 Å². The third-order valence-electron chi connectivity index (χ3n) is 5.07. The van der Waals surface area contributed by atoms with Crippen LogP contribution in [-0.4, -0.2) is 22.1 Å². The third kappa shape index (κ3) is 5.15. The first-order chi connectivity index (χ1) is 14.6. The summed E-state index contributed by atoms with van der Waals surface area (Å²) in [6.45, 7) is 0.0206. The van der Waals surface area contributed by atoms with Crippen molar-refractivity contribution in [3.8, 4) is 5.75 Å². The minimum Gasteiger partial charge on any atom is -0.508 e. The molecule has 1 aliphatic rings. The Kier molecular flexibility index (Phi) is 6.59. The molecule has 0 bridgehead atoms. The maximum atomic E-state index is 9.48. The van der Waals surface area contributed by atoms with Gasteiger partial charge in [-0.2, -0.15) is 0 Å². The third-order valence-corrected chi connectivity index (χ3v) is 6.21. The van der Waals surface area contributed by atoms with Crippen molar-refractivity contribution in [2.24, 2.45) is 0 Å². The van der Waals surface area contributed by atoms with E-state index in [4.69, 9.17) is 15.2 Å². The van der Waals surface area contributed by atoms with Crippen molar-refractivity contribution in [3.63, 3.8) is 0 Å². The van der Waals surface area contributed by atoms with E-state index in [1.807, 2.05) is 60.7 Å². The molecule has 0 aromatic heterocycles. The van der Waals surface area contributed by atoms with E-state index in [1.165, 1.54) is 0 Å². The molecular formula is C24H25NO4S. The molecule has 1 fully saturated rings. The molecule has 3 atom stereocenters. The summed E-state index contributed by atoms with van der Waals surface area (Å²) >= 11 is 1.69. The number of ether oxygens (including phenoxy) is 2. The molecule has 1 heterocycles. The number of phenolic OH excluding ortho intramolecular Hbond substituents is 1. The van der Waals surface area contributed by atoms with E-state index in [0.29, 0.717) is 5.69 Å². The Bertz CT molecular complexity index is 962. The first-order valence-electron chi connectivity index (χ1n) is 9.88. The number of phenols is 1. The van der Waals surface area contributed by atoms with E-state index < -0.39 is 6.29 Å². The Morgan fingerprint density at radius 3 is 2.40 bits per heavy atom. The van der Waals surface area contributed by atoms with Crippen molar-refractivity contribution < 1.29 is 19.7 Å². The molecule has 0 saturated carbocycles. The lowest BCUT2D eigenvalue weighted by Crippen LogP contribution is -2.31. The summed E-state index contributed by atoms with van der Waals surface area (Å²) in [6.07, 6.45) is 0.0765. The molecule has 1 unspecified atom stereocenters. The van der Waals surface area contributed by atoms with E-state index in [0.717, 1.165) is 33.8 Å². The number of thioether (sulfide) groups is 1. The van der Waals surface area contributed by atoms with Gasteiger partial charge in [0.15, 0.2) is 6.29 Å². The highest BCUT2D eigenvalue weighted by Crippen LogP contribution is 2.39. The normalized spacial score (nSPS) is 21.4. The van der Waals surface area contributed by atoms with Crippen LogP contribution in [0.5, 0.6) is 5.75 Å². The van der Waals surface area contributed by atoms with Gasteiger partial charge in [-0.15, -0.1) is 11.8 Å². The molecule has 0 aliphatic carbocycles. The lowest BCUT2D eigenvalue weighted by atomic mass is 10.0. The Labute approximate surface area is 180 Å². The Hall–Kier alpha value is -2.51. The van der Waals surface area contributed by atoms with Crippen molar-refractivity contribution >= 4 is 17.4 Å². The highest BCUT2D eigenvalue weighted by atomic mass is 32.2. The van der Waals surface area contributed by atoms with Crippen LogP contribution in [0, 0.1) is 0 Å². The van der Waals surface area contributed by atoms with Gasteiger partial charge >= 0.3 is 0 Å². The summed E-state index contributed by atoms with van der Waals surface area (Å²) < 4.78 is 12.6. The molecule has 0 spiro atoms. The maximum absolute atomic E-state index is 9.48. The number of hydrogen-bond donors (Lipinski definition) is 3. The van der Waals surface area contributed by atoms with Gasteiger partial charge in [0.05, 0.1) is 18.8 Å². The Balaban J connectivity index is 1.53. The number of aromatic hydroxyl groups is 1. The maximum Gasteiger partial charge on any atom is 0.184 e. The highest BCUT2D eigenvalue weighted by Gasteiger charge is 2.32. The summed E-state index contributed by atoms with van der Waals surface area (Å²) in [5.41, 5.74) is 9.46. The standard InChI is InChI=1S/C24H25NO4S/c25-19-3-1-2-18(12-19)24-28-21(15-30-22-10-8-20(27)9-11-22)13-23(29-24)17-6-4-16(14-26)5-7-17/h1-12,21,23-24,26-27H,13-15,25H2/t21-,23+,24?/m0/s1. The molecule has 6 heteroatoms. The quantitative estimate of drug-likeness (QED) is 0.390. The van der Waals surface area contributed by atoms with Crippen molar-refractivity contribution in [2.45, 2.75) is 36.4 Å². The minimum atomic E-state index is -0.504. The van der Waals surface area contributed by atoms with Crippen LogP contribution in [0.3, 0.4) is 0 Å². The van der Waals surface area contributed by atoms with E-state index in [2.05, 4.69) is 0 Å². The molecule has 30 heavy (non-hydrogen) atoms. The average Bonchev–Trinajstić information content (AvgIpc) is 2.78. The monoisotopic (exact) mass is 423 g/mol. The largest absolute Gasteiger partial charge is 0.508 e. The fourth-order valence-electron chi connectivity index (χ4n) is 3.46. The van der Waals surface area contributed by atoms with Crippen LogP contribution in [-0.2, 0) is 16.1 Å². The van der Waals surface area contributed by atoms with Crippen LogP contribution in [0.4, 0.5) is 5.69 Å². The lowest BCUT2D eigenvalue weighted by Gasteiger charge is -2.36. The predicted molar refractivity (Wildman–Crippen MR) is 118 cm³/mol. The van der Waals surface area contributed by atoms with Gasteiger partial charge in [-0.25, -0.2) is 0 Å². The minimum absolute atomic E-state index is 0.0206. The number of rotatable bonds is 6. The number of anilines is 1. The number of hydrogen-bond acceptors (Lipinski definition) is 6. The zero-order valence-corrected chi connectivity index (χ0v) is 17.3. The smallest absolute Gasteiger partial charge is 0.184 e. The number of nitrogens with two attached hydrogens (primary N) is 1. The van der Waals surface area contributed by atoms with E-state index in [9.17, 15) is 10.2 Å². The highest BCUT2D eigenvalue weighted by molar-refractivity contribution is 7.99. The molecule has 1 saturated heterocycles. The Morgan fingerprint density at radius 2 is 1.70 bits per heavy atom. The predicted octanol–water partition coefficient (Wildman–Crippen LogP) is 4.80. The van der Waals surface area contributed by atoms with Crippen molar-refractivity contribution in [3.05, 3.63) is 89.5 Å². The second-order valence-electron chi connectivity index (χ2n) is 7.33. The fourth-order valence-corrected chi connectivity index (χ4v) is 4.38. The molecule has 156 valence electrons. The zero-order chi connectivity index (χ0) is 20.9. The summed E-state index contributed by atoms with van der Waals surface area (Å²) in [5, 5.41) is 18.8. The molecule has 4 N–H and O–H groups in total. The van der Waals surface area contributed by atoms with Crippen LogP contribution in [0.2, 0.25) is 0 Å². The molecule has 3 aromatic carbocycles. The van der Waals surface area contributed by atoms with E-state index in [-0.39, 0.29) is 24.6 Å². The molecule has 0 radical (unpaired) electrons. The second kappa shape index (κ2) is 9.53. The van der Waals surface area contributed by atoms with Crippen LogP contribution in [0.15, 0.2) is 77.7 Å². The molecule has 0 amide bonds. The van der Waals surface area contributed by atoms with E-state index >= 15 is 0 Å². The van der Waals surface area contributed by atoms with Gasteiger partial charge in [0, 0.05) is 28.3 Å². The van der Waals surface area contributed by atoms with Crippen molar-refractivity contribution in [1.82, 2.24) is 0 Å². The first-order valence-corrected chi connectivity index (χ1v) is 10.9. The van der Waals surface area contributed by atoms with Crippen molar-refractivity contribution in [2.75, 3.05) is 11.5 Å². The Morgan fingerprint density at radius 1 is 0.933 bits per heavy atom. The molecule has 4 rings (SSSR count). The second-order valence-corrected chi connectivity index (χ2v) is 8.42. The van der Waals surface area contributed by atoms with Crippen LogP contribution in [0.1, 0.15) is 35.5 Å². The van der Waals surface area contributed by atoms with Crippen LogP contribution < -0.4 is 5.73 Å². The molecule has 3 aromatic rings. The van der Waals surface area contributed by atoms with Gasteiger partial charge in [-0.05, 0) is 47.5 Å². The van der Waals surface area contributed by atoms with Crippen molar-refractivity contribution in [1.29, 1.82) is 0 Å². The van der Waals surface area contributed by atoms with Gasteiger partial charge in [0.2, 0.25) is 0 Å². The van der Waals surface area contributed by atoms with Crippen LogP contribution >= 0.6 is 11.8 Å². The fraction of sp³-hybridized carbons (Fsp3) is 0.250. The summed E-state index contributed by atoms with van der Waals surface area (Å²) in [4.78, 5) is 1.08. The number of aliphatic hydroxyl groups excluding tert-OH is 1. The zero-order valence-electron chi connectivity index (χ0n) is 16.5. The van der Waals surface area contributed by atoms with Gasteiger partial charge in [-0.1, -0.05) is 36.4 Å². The first kappa shape index (κ1) is 20.8. The number of aliphatic hydroxyl groups is 1. The van der Waals surface area contributed by atoms with E-state index in [1.54, 1.807) is 23.9 Å². The molecular weight excluding hydrogens is 398 g/mol. The van der Waals surface area contributed by atoms with Gasteiger partial charge in [-0.3, -0.25) is 0 Å². The summed E-state index contributed by atoms with van der Waals surface area (Å²) in [6, 6.07) is 22.6. The average molecular weight is 424 g/mol. The van der Waals surface area contributed by atoms with Gasteiger partial charge in [0.1, 0.15) is 5.75 Å². The van der Waals surface area contributed by atoms with Gasteiger partial charge < -0.3 is 25.4 Å². The number of benzene rings is 3. The SMILES string of the molecule is Nc1cccc(C2O[C@H](CSc3ccc(O)cc3)C[C@H](c3ccc(CO)cc3)O2)c1. The summed E-state index contributed by atoms with van der Waals surface area (Å²) in [5.74, 6) is 1.02. The lowest BCUT2D eigenvalue weighted by molar-refractivity contribution is -0.245. The number of nitrogen functional groups attached to an aromatic ring is 1.